The molecule has 0 fully saturated rings. The van der Waals surface area contributed by atoms with Gasteiger partial charge >= 0.3 is 6.09 Å². The Morgan fingerprint density at radius 1 is 0.773 bits per heavy atom. The van der Waals surface area contributed by atoms with E-state index in [1.54, 1.807) is 24.3 Å². The third kappa shape index (κ3) is 12.9. The summed E-state index contributed by atoms with van der Waals surface area (Å²) < 4.78 is 36.7. The van der Waals surface area contributed by atoms with Gasteiger partial charge in [0.15, 0.2) is 9.84 Å². The van der Waals surface area contributed by atoms with Crippen LogP contribution in [0.1, 0.15) is 122 Å². The van der Waals surface area contributed by atoms with Crippen molar-refractivity contribution in [1.29, 1.82) is 10.5 Å². The van der Waals surface area contributed by atoms with Crippen LogP contribution in [0.5, 0.6) is 11.5 Å². The summed E-state index contributed by atoms with van der Waals surface area (Å²) >= 11 is 0. The molecule has 0 spiro atoms. The van der Waals surface area contributed by atoms with E-state index in [2.05, 4.69) is 17.8 Å². The molecule has 0 saturated carbocycles. The van der Waals surface area contributed by atoms with Crippen LogP contribution in [0.15, 0.2) is 41.3 Å². The molecule has 0 heterocycles. The van der Waals surface area contributed by atoms with Gasteiger partial charge in [0.05, 0.1) is 33.6 Å². The van der Waals surface area contributed by atoms with Gasteiger partial charge in [-0.1, -0.05) is 90.4 Å². The van der Waals surface area contributed by atoms with E-state index in [9.17, 15) is 23.7 Å². The molecule has 0 bridgehead atoms. The summed E-state index contributed by atoms with van der Waals surface area (Å²) in [5.41, 5.74) is 4.65. The number of hydrogen-bond acceptors (Lipinski definition) is 8. The van der Waals surface area contributed by atoms with Gasteiger partial charge < -0.3 is 9.47 Å². The topological polar surface area (TPSA) is 141 Å². The molecule has 2 rings (SSSR count). The van der Waals surface area contributed by atoms with Gasteiger partial charge in [0, 0.05) is 0 Å². The number of unbranched alkanes of at least 4 members (excludes halogenated alkanes) is 13. The van der Waals surface area contributed by atoms with Crippen LogP contribution in [0.3, 0.4) is 0 Å². The van der Waals surface area contributed by atoms with Crippen LogP contribution < -0.4 is 20.3 Å². The van der Waals surface area contributed by atoms with Gasteiger partial charge in [0.2, 0.25) is 0 Å². The molecule has 240 valence electrons. The fraction of sp³-hybridized carbons (Fsp3) is 0.559. The molecule has 1 amide bonds. The number of sulfone groups is 1. The van der Waals surface area contributed by atoms with Crippen molar-refractivity contribution in [1.82, 2.24) is 5.43 Å². The maximum absolute atomic E-state index is 12.8. The Balaban J connectivity index is 1.68. The van der Waals surface area contributed by atoms with Gasteiger partial charge in [-0.3, -0.25) is 5.43 Å². The highest BCUT2D eigenvalue weighted by atomic mass is 32.2. The van der Waals surface area contributed by atoms with Crippen LogP contribution in [0, 0.1) is 22.7 Å². The molecular formula is C34H48N4O5S. The quantitative estimate of drug-likeness (QED) is 0.104. The molecule has 2 N–H and O–H groups in total. The number of carbonyl (C=O) groups excluding carboxylic acids is 1. The minimum atomic E-state index is -3.83. The van der Waals surface area contributed by atoms with Crippen LogP contribution in [-0.2, 0) is 9.84 Å². The predicted molar refractivity (Wildman–Crippen MR) is 173 cm³/mol. The summed E-state index contributed by atoms with van der Waals surface area (Å²) in [6, 6.07) is 12.7. The Labute approximate surface area is 263 Å². The molecule has 0 aromatic heterocycles. The maximum Gasteiger partial charge on any atom is 0.431 e. The number of hydrogen-bond donors (Lipinski definition) is 2. The number of benzene rings is 2. The number of nitrogens with one attached hydrogen (secondary N) is 2. The number of ether oxygens (including phenoxy) is 2. The lowest BCUT2D eigenvalue weighted by Crippen LogP contribution is -2.33. The van der Waals surface area contributed by atoms with Crippen molar-refractivity contribution in [2.75, 3.05) is 12.0 Å². The van der Waals surface area contributed by atoms with Crippen LogP contribution in [0.25, 0.3) is 0 Å². The van der Waals surface area contributed by atoms with E-state index in [1.165, 1.54) is 97.0 Å². The van der Waals surface area contributed by atoms with Gasteiger partial charge in [-0.25, -0.2) is 18.6 Å². The highest BCUT2D eigenvalue weighted by Gasteiger charge is 2.25. The third-order valence-corrected chi connectivity index (χ3v) is 9.58. The van der Waals surface area contributed by atoms with Crippen LogP contribution in [0.4, 0.5) is 10.5 Å². The van der Waals surface area contributed by atoms with E-state index in [1.807, 2.05) is 12.1 Å². The number of rotatable bonds is 21. The molecule has 2 aromatic carbocycles. The SMILES string of the molecule is CCCCCCCCCCCCCCCCOc1ccc(OC(=O)NNc2cc(C#N)c(C#N)cc2S(=O)(=O)C(C)C)cc1. The lowest BCUT2D eigenvalue weighted by molar-refractivity contribution is 0.202. The molecular weight excluding hydrogens is 576 g/mol. The number of carbonyl (C=O) groups is 1. The number of anilines is 1. The lowest BCUT2D eigenvalue weighted by atomic mass is 10.0. The van der Waals surface area contributed by atoms with E-state index >= 15 is 0 Å². The first-order valence-electron chi connectivity index (χ1n) is 15.9. The van der Waals surface area contributed by atoms with Crippen molar-refractivity contribution in [3.05, 3.63) is 47.5 Å². The zero-order valence-electron chi connectivity index (χ0n) is 26.5. The summed E-state index contributed by atoms with van der Waals surface area (Å²) in [5, 5.41) is 17.9. The second kappa shape index (κ2) is 20.2. The Bertz CT molecular complexity index is 1350. The summed E-state index contributed by atoms with van der Waals surface area (Å²) in [6.07, 6.45) is 17.4. The van der Waals surface area contributed by atoms with E-state index < -0.39 is 21.2 Å². The van der Waals surface area contributed by atoms with Crippen LogP contribution in [0.2, 0.25) is 0 Å². The van der Waals surface area contributed by atoms with E-state index in [4.69, 9.17) is 9.47 Å². The molecule has 0 radical (unpaired) electrons. The van der Waals surface area contributed by atoms with E-state index in [-0.39, 0.29) is 27.5 Å². The van der Waals surface area contributed by atoms with E-state index in [0.717, 1.165) is 18.9 Å². The van der Waals surface area contributed by atoms with E-state index in [0.29, 0.717) is 12.4 Å². The van der Waals surface area contributed by atoms with Gasteiger partial charge in [-0.2, -0.15) is 10.5 Å². The maximum atomic E-state index is 12.8. The Morgan fingerprint density at radius 2 is 1.25 bits per heavy atom. The first-order valence-corrected chi connectivity index (χ1v) is 17.5. The summed E-state index contributed by atoms with van der Waals surface area (Å²) in [6.45, 7) is 5.88. The number of nitriles is 2. The first-order chi connectivity index (χ1) is 21.2. The fourth-order valence-electron chi connectivity index (χ4n) is 4.69. The third-order valence-electron chi connectivity index (χ3n) is 7.39. The van der Waals surface area contributed by atoms with Gasteiger partial charge in [-0.15, -0.1) is 0 Å². The molecule has 10 heteroatoms. The minimum Gasteiger partial charge on any atom is -0.494 e. The van der Waals surface area contributed by atoms with Crippen molar-refractivity contribution in [3.8, 4) is 23.6 Å². The normalized spacial score (nSPS) is 11.0. The van der Waals surface area contributed by atoms with Crippen molar-refractivity contribution in [2.45, 2.75) is 121 Å². The molecule has 0 saturated heterocycles. The molecule has 44 heavy (non-hydrogen) atoms. The summed E-state index contributed by atoms with van der Waals surface area (Å²) in [4.78, 5) is 12.2. The number of nitrogens with zero attached hydrogens (tertiary/aromatic N) is 2. The highest BCUT2D eigenvalue weighted by molar-refractivity contribution is 7.92. The average molecular weight is 625 g/mol. The van der Waals surface area contributed by atoms with Gasteiger partial charge in [0.25, 0.3) is 0 Å². The van der Waals surface area contributed by atoms with Crippen molar-refractivity contribution in [2.24, 2.45) is 0 Å². The van der Waals surface area contributed by atoms with Crippen molar-refractivity contribution < 1.29 is 22.7 Å². The minimum absolute atomic E-state index is 0.0300. The molecule has 0 aliphatic carbocycles. The Kier molecular flexibility index (Phi) is 16.8. The molecule has 2 aromatic rings. The van der Waals surface area contributed by atoms with Crippen molar-refractivity contribution in [3.63, 3.8) is 0 Å². The van der Waals surface area contributed by atoms with Crippen LogP contribution in [-0.4, -0.2) is 26.4 Å². The molecule has 0 atom stereocenters. The largest absolute Gasteiger partial charge is 0.494 e. The standard InChI is InChI=1S/C34H48N4O5S/c1-4-5-6-7-8-9-10-11-12-13-14-15-16-17-22-42-30-18-20-31(21-19-30)43-34(39)38-37-32-23-28(25-35)29(26-36)24-33(32)44(40,41)27(2)3/h18-21,23-24,27,37H,4-17,22H2,1-3H3,(H,38,39). The van der Waals surface area contributed by atoms with Crippen molar-refractivity contribution >= 4 is 21.6 Å². The smallest absolute Gasteiger partial charge is 0.431 e. The van der Waals surface area contributed by atoms with Gasteiger partial charge in [0.1, 0.15) is 23.6 Å². The first kappa shape index (κ1) is 36.4. The molecule has 0 aliphatic rings. The van der Waals surface area contributed by atoms with Crippen LogP contribution >= 0.6 is 0 Å². The fourth-order valence-corrected chi connectivity index (χ4v) is 5.90. The Morgan fingerprint density at radius 3 is 1.75 bits per heavy atom. The Hall–Kier alpha value is -3.76. The predicted octanol–water partition coefficient (Wildman–Crippen LogP) is 8.59. The molecule has 0 aliphatic heterocycles. The monoisotopic (exact) mass is 624 g/mol. The number of hydrazine groups is 1. The highest BCUT2D eigenvalue weighted by Crippen LogP contribution is 2.28. The summed E-state index contributed by atoms with van der Waals surface area (Å²) in [5.74, 6) is 0.941. The zero-order chi connectivity index (χ0) is 32.2. The molecule has 9 nitrogen and oxygen atoms in total. The lowest BCUT2D eigenvalue weighted by Gasteiger charge is -2.16. The van der Waals surface area contributed by atoms with Gasteiger partial charge in [-0.05, 0) is 56.7 Å². The second-order valence-electron chi connectivity index (χ2n) is 11.3. The zero-order valence-corrected chi connectivity index (χ0v) is 27.3. The summed E-state index contributed by atoms with van der Waals surface area (Å²) in [7, 11) is -3.83. The average Bonchev–Trinajstić information content (AvgIpc) is 3.02. The second-order valence-corrected chi connectivity index (χ2v) is 13.7. The number of amides is 1. The molecule has 0 unspecified atom stereocenters.